The summed E-state index contributed by atoms with van der Waals surface area (Å²) in [6.07, 6.45) is 1.88. The number of guanidine groups is 1. The van der Waals surface area contributed by atoms with E-state index in [-0.39, 0.29) is 41.8 Å². The zero-order valence-corrected chi connectivity index (χ0v) is 18.2. The molecule has 24 heavy (non-hydrogen) atoms. The van der Waals surface area contributed by atoms with Crippen molar-refractivity contribution < 1.29 is 4.79 Å². The average molecular weight is 485 g/mol. The molecule has 1 unspecified atom stereocenters. The minimum Gasteiger partial charge on any atom is -0.356 e. The van der Waals surface area contributed by atoms with Crippen LogP contribution in [0.5, 0.6) is 0 Å². The highest BCUT2D eigenvalue weighted by Crippen LogP contribution is 2.21. The van der Waals surface area contributed by atoms with Crippen LogP contribution in [0.15, 0.2) is 17.1 Å². The van der Waals surface area contributed by atoms with E-state index in [0.717, 1.165) is 42.8 Å². The van der Waals surface area contributed by atoms with Crippen LogP contribution in [0.4, 0.5) is 0 Å². The quantitative estimate of drug-likeness (QED) is 0.384. The summed E-state index contributed by atoms with van der Waals surface area (Å²) < 4.78 is 0.823. The predicted octanol–water partition coefficient (Wildman–Crippen LogP) is 2.98. The van der Waals surface area contributed by atoms with Crippen LogP contribution < -0.4 is 10.6 Å². The number of rotatable bonds is 5. The van der Waals surface area contributed by atoms with Gasteiger partial charge in [0.25, 0.3) is 0 Å². The number of aliphatic imine (C=N–C) groups is 1. The molecular formula is C16H26ClIN4OS. The number of thiophene rings is 1. The fourth-order valence-corrected chi connectivity index (χ4v) is 3.71. The van der Waals surface area contributed by atoms with Crippen LogP contribution in [0.25, 0.3) is 0 Å². The van der Waals surface area contributed by atoms with Gasteiger partial charge in [-0.05, 0) is 25.0 Å². The van der Waals surface area contributed by atoms with E-state index < -0.39 is 0 Å². The van der Waals surface area contributed by atoms with Gasteiger partial charge in [-0.2, -0.15) is 0 Å². The highest BCUT2D eigenvalue weighted by molar-refractivity contribution is 14.0. The van der Waals surface area contributed by atoms with Crippen LogP contribution in [0.1, 0.15) is 25.1 Å². The Bertz CT molecular complexity index is 564. The number of nitrogens with zero attached hydrogens (tertiary/aromatic N) is 2. The van der Waals surface area contributed by atoms with Crippen molar-refractivity contribution in [1.29, 1.82) is 0 Å². The van der Waals surface area contributed by atoms with E-state index in [1.165, 1.54) is 4.88 Å². The van der Waals surface area contributed by atoms with Crippen molar-refractivity contribution in [2.75, 3.05) is 26.7 Å². The standard InChI is InChI=1S/C16H25ClN4OS.HI/c1-11(2)15(22)21-9-7-12(10-21)20-16(18-3)19-8-6-13-4-5-14(17)23-13;/h4-5,11-12H,6-10H2,1-3H3,(H2,18,19,20);1H. The van der Waals surface area contributed by atoms with Crippen LogP contribution in [0, 0.1) is 5.92 Å². The van der Waals surface area contributed by atoms with Crippen molar-refractivity contribution in [3.05, 3.63) is 21.3 Å². The first kappa shape index (κ1) is 21.5. The summed E-state index contributed by atoms with van der Waals surface area (Å²) >= 11 is 7.54. The van der Waals surface area contributed by atoms with Crippen LogP contribution >= 0.6 is 46.9 Å². The number of carbonyl (C=O) groups is 1. The van der Waals surface area contributed by atoms with Crippen molar-refractivity contribution in [2.24, 2.45) is 10.9 Å². The van der Waals surface area contributed by atoms with Gasteiger partial charge in [0.2, 0.25) is 5.91 Å². The van der Waals surface area contributed by atoms with Crippen molar-refractivity contribution >= 4 is 58.8 Å². The van der Waals surface area contributed by atoms with E-state index in [2.05, 4.69) is 21.7 Å². The molecule has 0 aromatic carbocycles. The summed E-state index contributed by atoms with van der Waals surface area (Å²) in [7, 11) is 1.77. The molecule has 1 fully saturated rings. The second kappa shape index (κ2) is 10.5. The minimum absolute atomic E-state index is 0. The fraction of sp³-hybridized carbons (Fsp3) is 0.625. The summed E-state index contributed by atoms with van der Waals surface area (Å²) in [6, 6.07) is 4.24. The van der Waals surface area contributed by atoms with E-state index in [4.69, 9.17) is 11.6 Å². The number of halogens is 2. The lowest BCUT2D eigenvalue weighted by Gasteiger charge is -2.20. The second-order valence-corrected chi connectivity index (χ2v) is 7.82. The average Bonchev–Trinajstić information content (AvgIpc) is 3.14. The van der Waals surface area contributed by atoms with Gasteiger partial charge in [0.05, 0.1) is 4.34 Å². The molecule has 1 amide bonds. The maximum Gasteiger partial charge on any atom is 0.225 e. The fourth-order valence-electron chi connectivity index (χ4n) is 2.62. The Kier molecular flexibility index (Phi) is 9.36. The molecule has 1 aromatic heterocycles. The van der Waals surface area contributed by atoms with E-state index in [9.17, 15) is 4.79 Å². The lowest BCUT2D eigenvalue weighted by atomic mass is 10.2. The molecule has 0 spiro atoms. The third-order valence-electron chi connectivity index (χ3n) is 3.85. The molecule has 8 heteroatoms. The van der Waals surface area contributed by atoms with E-state index in [1.807, 2.05) is 24.8 Å². The zero-order valence-electron chi connectivity index (χ0n) is 14.3. The maximum atomic E-state index is 12.0. The molecule has 0 bridgehead atoms. The van der Waals surface area contributed by atoms with Crippen LogP contribution in [0.3, 0.4) is 0 Å². The Morgan fingerprint density at radius 1 is 1.50 bits per heavy atom. The molecule has 2 rings (SSSR count). The molecule has 0 radical (unpaired) electrons. The normalized spacial score (nSPS) is 17.8. The first-order valence-electron chi connectivity index (χ1n) is 7.99. The molecule has 1 aliphatic rings. The Hall–Kier alpha value is -0.540. The van der Waals surface area contributed by atoms with Crippen LogP contribution in [-0.4, -0.2) is 49.5 Å². The highest BCUT2D eigenvalue weighted by atomic mass is 127. The van der Waals surface area contributed by atoms with Crippen LogP contribution in [0.2, 0.25) is 4.34 Å². The largest absolute Gasteiger partial charge is 0.356 e. The minimum atomic E-state index is 0. The van der Waals surface area contributed by atoms with Gasteiger partial charge in [0.1, 0.15) is 0 Å². The molecule has 2 heterocycles. The molecule has 2 N–H and O–H groups in total. The number of hydrogen-bond donors (Lipinski definition) is 2. The predicted molar refractivity (Wildman–Crippen MR) is 113 cm³/mol. The lowest BCUT2D eigenvalue weighted by Crippen LogP contribution is -2.45. The van der Waals surface area contributed by atoms with E-state index in [1.54, 1.807) is 18.4 Å². The maximum absolute atomic E-state index is 12.0. The number of hydrogen-bond acceptors (Lipinski definition) is 3. The Labute approximate surface area is 170 Å². The van der Waals surface area contributed by atoms with Gasteiger partial charge in [-0.1, -0.05) is 25.4 Å². The van der Waals surface area contributed by atoms with Gasteiger partial charge < -0.3 is 15.5 Å². The second-order valence-electron chi connectivity index (χ2n) is 6.02. The van der Waals surface area contributed by atoms with Gasteiger partial charge in [-0.25, -0.2) is 0 Å². The Balaban J connectivity index is 0.00000288. The lowest BCUT2D eigenvalue weighted by molar-refractivity contribution is -0.133. The van der Waals surface area contributed by atoms with Gasteiger partial charge in [0, 0.05) is 43.5 Å². The van der Waals surface area contributed by atoms with E-state index >= 15 is 0 Å². The summed E-state index contributed by atoms with van der Waals surface area (Å²) in [5.74, 6) is 1.08. The van der Waals surface area contributed by atoms with Crippen molar-refractivity contribution in [3.8, 4) is 0 Å². The SMILES string of the molecule is CN=C(NCCc1ccc(Cl)s1)NC1CCN(C(=O)C(C)C)C1.I. The molecule has 0 aliphatic carbocycles. The van der Waals surface area contributed by atoms with Crippen molar-refractivity contribution in [2.45, 2.75) is 32.7 Å². The van der Waals surface area contributed by atoms with E-state index in [0.29, 0.717) is 0 Å². The molecule has 1 aromatic rings. The first-order chi connectivity index (χ1) is 11.0. The smallest absolute Gasteiger partial charge is 0.225 e. The third kappa shape index (κ3) is 6.40. The number of amides is 1. The van der Waals surface area contributed by atoms with Gasteiger partial charge in [0.15, 0.2) is 5.96 Å². The number of carbonyl (C=O) groups excluding carboxylic acids is 1. The topological polar surface area (TPSA) is 56.7 Å². The molecule has 1 saturated heterocycles. The zero-order chi connectivity index (χ0) is 16.8. The molecule has 0 saturated carbocycles. The van der Waals surface area contributed by atoms with Gasteiger partial charge in [-0.15, -0.1) is 35.3 Å². The first-order valence-corrected chi connectivity index (χ1v) is 9.19. The summed E-state index contributed by atoms with van der Waals surface area (Å²) in [5, 5.41) is 6.72. The van der Waals surface area contributed by atoms with Crippen LogP contribution in [-0.2, 0) is 11.2 Å². The summed E-state index contributed by atoms with van der Waals surface area (Å²) in [6.45, 7) is 6.26. The summed E-state index contributed by atoms with van der Waals surface area (Å²) in [5.41, 5.74) is 0. The van der Waals surface area contributed by atoms with Crippen molar-refractivity contribution in [1.82, 2.24) is 15.5 Å². The monoisotopic (exact) mass is 484 g/mol. The molecule has 1 atom stereocenters. The summed E-state index contributed by atoms with van der Waals surface area (Å²) in [4.78, 5) is 19.5. The van der Waals surface area contributed by atoms with Gasteiger partial charge >= 0.3 is 0 Å². The molecule has 1 aliphatic heterocycles. The Morgan fingerprint density at radius 3 is 2.83 bits per heavy atom. The van der Waals surface area contributed by atoms with Crippen molar-refractivity contribution in [3.63, 3.8) is 0 Å². The number of nitrogens with one attached hydrogen (secondary N) is 2. The number of likely N-dealkylation sites (tertiary alicyclic amines) is 1. The third-order valence-corrected chi connectivity index (χ3v) is 5.14. The molecule has 136 valence electrons. The highest BCUT2D eigenvalue weighted by Gasteiger charge is 2.27. The van der Waals surface area contributed by atoms with Gasteiger partial charge in [-0.3, -0.25) is 9.79 Å². The molecular weight excluding hydrogens is 459 g/mol. The Morgan fingerprint density at radius 2 is 2.25 bits per heavy atom. The molecule has 5 nitrogen and oxygen atoms in total.